The number of rotatable bonds is 11. The minimum absolute atomic E-state index is 0.0458. The van der Waals surface area contributed by atoms with E-state index in [0.717, 1.165) is 42.6 Å². The van der Waals surface area contributed by atoms with Crippen LogP contribution < -0.4 is 10.0 Å². The Bertz CT molecular complexity index is 869. The molecule has 1 N–H and O–H groups in total. The Hall–Kier alpha value is -1.41. The lowest BCUT2D eigenvalue weighted by Crippen LogP contribution is -2.27. The number of aryl methyl sites for hydroxylation is 1. The summed E-state index contributed by atoms with van der Waals surface area (Å²) >= 11 is 0. The van der Waals surface area contributed by atoms with Gasteiger partial charge in [-0.3, -0.25) is 0 Å². The predicted octanol–water partition coefficient (Wildman–Crippen LogP) is 7.13. The summed E-state index contributed by atoms with van der Waals surface area (Å²) < 4.78 is 11.5. The van der Waals surface area contributed by atoms with Gasteiger partial charge in [-0.15, -0.1) is 0 Å². The van der Waals surface area contributed by atoms with Crippen molar-refractivity contribution in [1.29, 1.82) is 0 Å². The average molecular weight is 459 g/mol. The summed E-state index contributed by atoms with van der Waals surface area (Å²) in [6.07, 6.45) is 3.92. The molecule has 4 heteroatoms. The van der Waals surface area contributed by atoms with Crippen LogP contribution in [-0.2, 0) is 15.3 Å². The van der Waals surface area contributed by atoms with Crippen molar-refractivity contribution in [3.8, 4) is 5.75 Å². The number of benzene rings is 2. The monoisotopic (exact) mass is 458 g/mol. The van der Waals surface area contributed by atoms with Crippen LogP contribution in [0.15, 0.2) is 36.4 Å². The fourth-order valence-electron chi connectivity index (χ4n) is 4.30. The van der Waals surface area contributed by atoms with Crippen LogP contribution in [0.3, 0.4) is 0 Å². The quantitative estimate of drug-likeness (QED) is 0.288. The van der Waals surface area contributed by atoms with E-state index in [2.05, 4.69) is 71.9 Å². The highest BCUT2D eigenvalue weighted by atomic mass is 31.1. The van der Waals surface area contributed by atoms with Crippen molar-refractivity contribution < 1.29 is 14.6 Å². The van der Waals surface area contributed by atoms with Crippen LogP contribution in [0.4, 0.5) is 0 Å². The predicted molar refractivity (Wildman–Crippen MR) is 139 cm³/mol. The largest absolute Gasteiger partial charge is 0.467 e. The Morgan fingerprint density at radius 3 is 2.34 bits per heavy atom. The van der Waals surface area contributed by atoms with Crippen LogP contribution in [0, 0.1) is 6.92 Å². The first-order valence-corrected chi connectivity index (χ1v) is 12.9. The van der Waals surface area contributed by atoms with Crippen LogP contribution in [-0.4, -0.2) is 19.0 Å². The number of hydrogen-bond acceptors (Lipinski definition) is 3. The van der Waals surface area contributed by atoms with Gasteiger partial charge in [0.15, 0.2) is 6.79 Å². The fraction of sp³-hybridized carbons (Fsp3) is 0.571. The third kappa shape index (κ3) is 6.34. The van der Waals surface area contributed by atoms with Crippen molar-refractivity contribution in [1.82, 2.24) is 0 Å². The molecule has 0 radical (unpaired) electrons. The minimum atomic E-state index is -0.480. The number of aliphatic hydroxyl groups is 1. The molecule has 0 aliphatic rings. The summed E-state index contributed by atoms with van der Waals surface area (Å²) in [5.41, 5.74) is 4.85. The van der Waals surface area contributed by atoms with Gasteiger partial charge in [0.05, 0.1) is 6.10 Å². The van der Waals surface area contributed by atoms with Crippen LogP contribution in [0.1, 0.15) is 95.6 Å². The number of ether oxygens (including phenoxy) is 2. The zero-order chi connectivity index (χ0) is 23.9. The van der Waals surface area contributed by atoms with Gasteiger partial charge in [0.25, 0.3) is 0 Å². The maximum absolute atomic E-state index is 10.4. The molecule has 0 fully saturated rings. The lowest BCUT2D eigenvalue weighted by Gasteiger charge is -2.37. The molecule has 0 saturated carbocycles. The van der Waals surface area contributed by atoms with E-state index in [-0.39, 0.29) is 17.4 Å². The molecule has 3 atom stereocenters. The molecule has 0 aromatic heterocycles. The van der Waals surface area contributed by atoms with Crippen LogP contribution >= 0.6 is 8.58 Å². The molecule has 2 aromatic carbocycles. The second-order valence-electron chi connectivity index (χ2n) is 9.90. The Morgan fingerprint density at radius 1 is 1.09 bits per heavy atom. The Kier molecular flexibility index (Phi) is 9.76. The lowest BCUT2D eigenvalue weighted by molar-refractivity contribution is 0.0493. The smallest absolute Gasteiger partial charge is 0.188 e. The molecule has 0 amide bonds. The van der Waals surface area contributed by atoms with E-state index in [4.69, 9.17) is 9.47 Å². The van der Waals surface area contributed by atoms with E-state index in [9.17, 15) is 5.11 Å². The van der Waals surface area contributed by atoms with E-state index < -0.39 is 6.10 Å². The highest BCUT2D eigenvalue weighted by Gasteiger charge is 2.36. The SMILES string of the molecule is CCCCC(CC)(Pc1ccccc1C(C)O)c1cc(C(C)(C)C)cc(C)c1OCOC. The normalized spacial score (nSPS) is 15.2. The molecule has 0 bridgehead atoms. The van der Waals surface area contributed by atoms with Crippen molar-refractivity contribution in [2.75, 3.05) is 13.9 Å². The van der Waals surface area contributed by atoms with Crippen molar-refractivity contribution in [3.63, 3.8) is 0 Å². The molecule has 2 aromatic rings. The molecule has 178 valence electrons. The molecule has 0 aliphatic carbocycles. The molecule has 32 heavy (non-hydrogen) atoms. The van der Waals surface area contributed by atoms with Gasteiger partial charge in [0.1, 0.15) is 5.75 Å². The molecule has 0 spiro atoms. The molecule has 0 aliphatic heterocycles. The standard InChI is InChI=1S/C28H43O3P/c1-9-11-16-28(10-2,32-25-15-13-12-14-23(25)21(4)29)24-18-22(27(5,6)7)17-20(3)26(24)31-19-30-8/h12-15,17-18,21,29,32H,9-11,16,19H2,1-8H3. The van der Waals surface area contributed by atoms with Gasteiger partial charge >= 0.3 is 0 Å². The first-order chi connectivity index (χ1) is 15.1. The summed E-state index contributed by atoms with van der Waals surface area (Å²) in [6.45, 7) is 15.6. The van der Waals surface area contributed by atoms with Crippen molar-refractivity contribution in [2.24, 2.45) is 0 Å². The van der Waals surface area contributed by atoms with E-state index in [1.165, 1.54) is 16.4 Å². The summed E-state index contributed by atoms with van der Waals surface area (Å²) in [5.74, 6) is 0.958. The Morgan fingerprint density at radius 2 is 1.78 bits per heavy atom. The first kappa shape index (κ1) is 26.8. The molecular weight excluding hydrogens is 415 g/mol. The van der Waals surface area contributed by atoms with Gasteiger partial charge in [0, 0.05) is 17.8 Å². The van der Waals surface area contributed by atoms with E-state index in [1.807, 2.05) is 13.0 Å². The Labute approximate surface area is 197 Å². The summed E-state index contributed by atoms with van der Waals surface area (Å²) in [5, 5.41) is 11.6. The van der Waals surface area contributed by atoms with Gasteiger partial charge in [0.2, 0.25) is 0 Å². The van der Waals surface area contributed by atoms with E-state index >= 15 is 0 Å². The van der Waals surface area contributed by atoms with Crippen LogP contribution in [0.5, 0.6) is 5.75 Å². The zero-order valence-electron chi connectivity index (χ0n) is 21.3. The highest BCUT2D eigenvalue weighted by molar-refractivity contribution is 7.48. The number of aliphatic hydroxyl groups excluding tert-OH is 1. The molecular formula is C28H43O3P. The van der Waals surface area contributed by atoms with Crippen molar-refractivity contribution >= 4 is 13.9 Å². The maximum Gasteiger partial charge on any atom is 0.188 e. The molecule has 3 nitrogen and oxygen atoms in total. The third-order valence-corrected chi connectivity index (χ3v) is 8.40. The van der Waals surface area contributed by atoms with Gasteiger partial charge < -0.3 is 14.6 Å². The van der Waals surface area contributed by atoms with Gasteiger partial charge in [-0.2, -0.15) is 0 Å². The lowest BCUT2D eigenvalue weighted by atomic mass is 9.80. The molecule has 0 heterocycles. The maximum atomic E-state index is 10.4. The van der Waals surface area contributed by atoms with Gasteiger partial charge in [-0.05, 0) is 54.1 Å². The zero-order valence-corrected chi connectivity index (χ0v) is 22.3. The van der Waals surface area contributed by atoms with E-state index in [0.29, 0.717) is 8.58 Å². The third-order valence-electron chi connectivity index (χ3n) is 6.32. The van der Waals surface area contributed by atoms with Gasteiger partial charge in [-0.25, -0.2) is 0 Å². The average Bonchev–Trinajstić information content (AvgIpc) is 2.75. The molecule has 0 saturated heterocycles. The highest BCUT2D eigenvalue weighted by Crippen LogP contribution is 2.53. The van der Waals surface area contributed by atoms with Crippen LogP contribution in [0.25, 0.3) is 0 Å². The van der Waals surface area contributed by atoms with Crippen molar-refractivity contribution in [2.45, 2.75) is 90.8 Å². The van der Waals surface area contributed by atoms with Crippen molar-refractivity contribution in [3.05, 3.63) is 58.7 Å². The second-order valence-corrected chi connectivity index (χ2v) is 11.6. The summed E-state index contributed by atoms with van der Waals surface area (Å²) in [4.78, 5) is 0. The van der Waals surface area contributed by atoms with Crippen LogP contribution in [0.2, 0.25) is 0 Å². The second kappa shape index (κ2) is 11.6. The van der Waals surface area contributed by atoms with Gasteiger partial charge in [-0.1, -0.05) is 92.4 Å². The minimum Gasteiger partial charge on any atom is -0.467 e. The summed E-state index contributed by atoms with van der Waals surface area (Å²) in [6, 6.07) is 13.0. The Balaban J connectivity index is 2.76. The first-order valence-electron chi connectivity index (χ1n) is 11.9. The molecule has 2 rings (SSSR count). The molecule has 3 unspecified atom stereocenters. The topological polar surface area (TPSA) is 38.7 Å². The van der Waals surface area contributed by atoms with E-state index in [1.54, 1.807) is 7.11 Å². The number of hydrogen-bond donors (Lipinski definition) is 1. The number of unbranched alkanes of at least 4 members (excludes halogenated alkanes) is 1. The number of methoxy groups -OCH3 is 1. The summed E-state index contributed by atoms with van der Waals surface area (Å²) in [7, 11) is 2.21. The fourth-order valence-corrected chi connectivity index (χ4v) is 6.23.